The number of ether oxygens (including phenoxy) is 1. The lowest BCUT2D eigenvalue weighted by atomic mass is 10.0. The van der Waals surface area contributed by atoms with E-state index in [0.717, 1.165) is 11.1 Å². The maximum Gasteiger partial charge on any atom is 0.414 e. The highest BCUT2D eigenvalue weighted by molar-refractivity contribution is 5.90. The number of anilines is 1. The first kappa shape index (κ1) is 20.4. The summed E-state index contributed by atoms with van der Waals surface area (Å²) in [6.07, 6.45) is 1.29. The standard InChI is InChI=1S/C22H24FN3O3.H2/c1-3-24-13-16-4-6-17(7-5-16)20-9-8-18(12-21(20)23)26-14-19(29-22(26)28)10-11-25-15(2)27;/h3-9,12,19,24H,1,10-11,13-14H2,2H3,(H,25,27);1H/t19-;/m0./s1. The Morgan fingerprint density at radius 2 is 2.10 bits per heavy atom. The zero-order valence-electron chi connectivity index (χ0n) is 16.3. The second-order valence-corrected chi connectivity index (χ2v) is 6.83. The zero-order valence-corrected chi connectivity index (χ0v) is 16.3. The molecule has 2 aromatic rings. The largest absolute Gasteiger partial charge is 0.444 e. The van der Waals surface area contributed by atoms with Gasteiger partial charge in [-0.25, -0.2) is 9.18 Å². The van der Waals surface area contributed by atoms with E-state index >= 15 is 0 Å². The second-order valence-electron chi connectivity index (χ2n) is 6.83. The van der Waals surface area contributed by atoms with Crippen molar-refractivity contribution in [2.24, 2.45) is 0 Å². The van der Waals surface area contributed by atoms with Crippen LogP contribution in [-0.4, -0.2) is 31.2 Å². The minimum absolute atomic E-state index is 0. The smallest absolute Gasteiger partial charge is 0.414 e. The number of rotatable bonds is 8. The molecule has 0 aromatic heterocycles. The lowest BCUT2D eigenvalue weighted by Gasteiger charge is -2.14. The van der Waals surface area contributed by atoms with E-state index in [9.17, 15) is 14.0 Å². The SMILES string of the molecule is C=CNCc1ccc(-c2ccc(N3C[C@H](CCNC(C)=O)OC3=O)cc2F)cc1.[HH]. The lowest BCUT2D eigenvalue weighted by molar-refractivity contribution is -0.119. The molecule has 29 heavy (non-hydrogen) atoms. The van der Waals surface area contributed by atoms with E-state index in [1.54, 1.807) is 18.3 Å². The third-order valence-electron chi connectivity index (χ3n) is 4.69. The molecule has 3 rings (SSSR count). The van der Waals surface area contributed by atoms with Crippen molar-refractivity contribution in [1.82, 2.24) is 10.6 Å². The maximum atomic E-state index is 14.8. The van der Waals surface area contributed by atoms with Crippen molar-refractivity contribution in [3.05, 3.63) is 66.6 Å². The average Bonchev–Trinajstić information content (AvgIpc) is 3.07. The van der Waals surface area contributed by atoms with E-state index in [-0.39, 0.29) is 13.4 Å². The third kappa shape index (κ3) is 5.13. The van der Waals surface area contributed by atoms with Gasteiger partial charge < -0.3 is 15.4 Å². The first-order chi connectivity index (χ1) is 14.0. The minimum Gasteiger partial charge on any atom is -0.444 e. The molecule has 0 spiro atoms. The molecule has 1 saturated heterocycles. The monoisotopic (exact) mass is 399 g/mol. The van der Waals surface area contributed by atoms with Gasteiger partial charge in [0.15, 0.2) is 0 Å². The van der Waals surface area contributed by atoms with E-state index < -0.39 is 11.9 Å². The molecule has 7 heteroatoms. The van der Waals surface area contributed by atoms with Gasteiger partial charge in [0.05, 0.1) is 12.2 Å². The summed E-state index contributed by atoms with van der Waals surface area (Å²) in [6, 6.07) is 12.3. The van der Waals surface area contributed by atoms with Crippen molar-refractivity contribution in [3.8, 4) is 11.1 Å². The van der Waals surface area contributed by atoms with Crippen LogP contribution in [0.1, 0.15) is 20.3 Å². The summed E-state index contributed by atoms with van der Waals surface area (Å²) in [5.74, 6) is -0.539. The number of benzene rings is 2. The van der Waals surface area contributed by atoms with Gasteiger partial charge in [0, 0.05) is 33.4 Å². The highest BCUT2D eigenvalue weighted by Gasteiger charge is 2.32. The van der Waals surface area contributed by atoms with Crippen molar-refractivity contribution in [2.75, 3.05) is 18.0 Å². The van der Waals surface area contributed by atoms with Crippen LogP contribution in [0.15, 0.2) is 55.2 Å². The second kappa shape index (κ2) is 9.23. The minimum atomic E-state index is -0.510. The number of carbonyl (C=O) groups excluding carboxylic acids is 2. The van der Waals surface area contributed by atoms with Crippen LogP contribution in [0.4, 0.5) is 14.9 Å². The molecular weight excluding hydrogens is 373 g/mol. The summed E-state index contributed by atoms with van der Waals surface area (Å²) in [7, 11) is 0. The predicted molar refractivity (Wildman–Crippen MR) is 112 cm³/mol. The molecule has 1 heterocycles. The molecule has 1 aliphatic rings. The van der Waals surface area contributed by atoms with Gasteiger partial charge in [0.25, 0.3) is 0 Å². The Balaban J connectivity index is 0.00000320. The number of hydrogen-bond donors (Lipinski definition) is 2. The van der Waals surface area contributed by atoms with Crippen molar-refractivity contribution < 1.29 is 20.1 Å². The Bertz CT molecular complexity index is 905. The highest BCUT2D eigenvalue weighted by atomic mass is 19.1. The summed E-state index contributed by atoms with van der Waals surface area (Å²) in [6.45, 7) is 6.45. The first-order valence-electron chi connectivity index (χ1n) is 9.43. The molecule has 154 valence electrons. The molecule has 1 aliphatic heterocycles. The Morgan fingerprint density at radius 1 is 1.34 bits per heavy atom. The van der Waals surface area contributed by atoms with E-state index in [4.69, 9.17) is 4.74 Å². The van der Waals surface area contributed by atoms with Gasteiger partial charge in [0.1, 0.15) is 11.9 Å². The molecule has 6 nitrogen and oxygen atoms in total. The van der Waals surface area contributed by atoms with Crippen molar-refractivity contribution in [1.29, 1.82) is 0 Å². The van der Waals surface area contributed by atoms with Crippen LogP contribution >= 0.6 is 0 Å². The molecule has 0 unspecified atom stereocenters. The number of nitrogens with one attached hydrogen (secondary N) is 2. The number of carbonyl (C=O) groups is 2. The van der Waals surface area contributed by atoms with Crippen LogP contribution < -0.4 is 15.5 Å². The van der Waals surface area contributed by atoms with Crippen LogP contribution in [0.25, 0.3) is 11.1 Å². The fourth-order valence-corrected chi connectivity index (χ4v) is 3.19. The summed E-state index contributed by atoms with van der Waals surface area (Å²) in [4.78, 5) is 24.5. The van der Waals surface area contributed by atoms with Crippen LogP contribution in [0.5, 0.6) is 0 Å². The zero-order chi connectivity index (χ0) is 20.8. The lowest BCUT2D eigenvalue weighted by Crippen LogP contribution is -2.27. The summed E-state index contributed by atoms with van der Waals surface area (Å²) in [5.41, 5.74) is 2.74. The fraction of sp³-hybridized carbons (Fsp3) is 0.273. The van der Waals surface area contributed by atoms with Gasteiger partial charge in [0.2, 0.25) is 5.91 Å². The van der Waals surface area contributed by atoms with Gasteiger partial charge in [-0.2, -0.15) is 0 Å². The summed E-state index contributed by atoms with van der Waals surface area (Å²) >= 11 is 0. The molecular formula is C22H26FN3O3. The molecule has 1 atom stereocenters. The number of amides is 2. The van der Waals surface area contributed by atoms with Crippen molar-refractivity contribution >= 4 is 17.7 Å². The molecule has 2 N–H and O–H groups in total. The molecule has 0 radical (unpaired) electrons. The quantitative estimate of drug-likeness (QED) is 0.708. The number of hydrogen-bond acceptors (Lipinski definition) is 4. The molecule has 0 bridgehead atoms. The molecule has 1 fully saturated rings. The Hall–Kier alpha value is -3.35. The fourth-order valence-electron chi connectivity index (χ4n) is 3.19. The van der Waals surface area contributed by atoms with Gasteiger partial charge in [-0.15, -0.1) is 0 Å². The van der Waals surface area contributed by atoms with Crippen LogP contribution in [0, 0.1) is 5.82 Å². The first-order valence-corrected chi connectivity index (χ1v) is 9.43. The van der Waals surface area contributed by atoms with Gasteiger partial charge >= 0.3 is 6.09 Å². The molecule has 0 aliphatic carbocycles. The Kier molecular flexibility index (Phi) is 6.49. The normalized spacial score (nSPS) is 15.7. The van der Waals surface area contributed by atoms with Crippen LogP contribution in [0.2, 0.25) is 0 Å². The van der Waals surface area contributed by atoms with E-state index in [1.165, 1.54) is 17.9 Å². The van der Waals surface area contributed by atoms with Gasteiger partial charge in [-0.3, -0.25) is 9.69 Å². The van der Waals surface area contributed by atoms with Crippen molar-refractivity contribution in [3.63, 3.8) is 0 Å². The third-order valence-corrected chi connectivity index (χ3v) is 4.69. The highest BCUT2D eigenvalue weighted by Crippen LogP contribution is 2.29. The van der Waals surface area contributed by atoms with Gasteiger partial charge in [-0.1, -0.05) is 30.8 Å². The Morgan fingerprint density at radius 3 is 2.76 bits per heavy atom. The molecule has 0 saturated carbocycles. The number of nitrogens with zero attached hydrogens (tertiary/aromatic N) is 1. The van der Waals surface area contributed by atoms with Crippen LogP contribution in [-0.2, 0) is 16.1 Å². The Labute approximate surface area is 170 Å². The molecule has 2 amide bonds. The van der Waals surface area contributed by atoms with Gasteiger partial charge in [-0.05, 0) is 35.5 Å². The predicted octanol–water partition coefficient (Wildman–Crippen LogP) is 3.82. The topological polar surface area (TPSA) is 70.7 Å². The van der Waals surface area contributed by atoms with Crippen molar-refractivity contribution in [2.45, 2.75) is 26.0 Å². The summed E-state index contributed by atoms with van der Waals surface area (Å²) < 4.78 is 20.1. The summed E-state index contributed by atoms with van der Waals surface area (Å²) in [5, 5.41) is 5.69. The average molecular weight is 399 g/mol. The number of halogens is 1. The van der Waals surface area contributed by atoms with Crippen LogP contribution in [0.3, 0.4) is 0 Å². The van der Waals surface area contributed by atoms with E-state index in [0.29, 0.717) is 37.3 Å². The van der Waals surface area contributed by atoms with E-state index in [1.807, 2.05) is 24.3 Å². The molecule has 2 aromatic carbocycles. The maximum absolute atomic E-state index is 14.8. The number of cyclic esters (lactones) is 1. The van der Waals surface area contributed by atoms with E-state index in [2.05, 4.69) is 17.2 Å².